The number of quaternary nitrogens is 1. The molecule has 2 atom stereocenters. The minimum atomic E-state index is -0.143. The summed E-state index contributed by atoms with van der Waals surface area (Å²) >= 11 is 0. The summed E-state index contributed by atoms with van der Waals surface area (Å²) in [5.41, 5.74) is 6.80. The number of likely N-dealkylation sites (N-methyl/N-ethyl adjacent to an activating group) is 1. The van der Waals surface area contributed by atoms with Gasteiger partial charge < -0.3 is 9.85 Å². The molecule has 2 aliphatic rings. The van der Waals surface area contributed by atoms with Crippen molar-refractivity contribution in [3.8, 4) is 0 Å². The van der Waals surface area contributed by atoms with Gasteiger partial charge in [-0.15, -0.1) is 0 Å². The monoisotopic (exact) mass is 277 g/mol. The van der Waals surface area contributed by atoms with Crippen LogP contribution in [-0.2, 0) is 0 Å². The van der Waals surface area contributed by atoms with E-state index in [0.29, 0.717) is 13.1 Å². The summed E-state index contributed by atoms with van der Waals surface area (Å²) in [4.78, 5) is 0. The first-order valence-electron chi connectivity index (χ1n) is 7.57. The van der Waals surface area contributed by atoms with Crippen LogP contribution in [0.5, 0.6) is 0 Å². The molecule has 2 unspecified atom stereocenters. The van der Waals surface area contributed by atoms with Crippen LogP contribution in [0.25, 0.3) is 5.57 Å². The molecule has 0 saturated carbocycles. The van der Waals surface area contributed by atoms with E-state index in [1.807, 2.05) is 6.07 Å². The second kappa shape index (κ2) is 4.55. The van der Waals surface area contributed by atoms with Gasteiger partial charge in [0.25, 0.3) is 0 Å². The Morgan fingerprint density at radius 1 is 1.00 bits per heavy atom. The Hall–Kier alpha value is -1.90. The number of benzene rings is 2. The molecule has 1 aliphatic carbocycles. The van der Waals surface area contributed by atoms with Crippen LogP contribution in [0, 0.1) is 5.21 Å². The number of nitrogens with zero attached hydrogens (tertiary/aromatic N) is 1. The van der Waals surface area contributed by atoms with E-state index in [-0.39, 0.29) is 10.6 Å². The minimum absolute atomic E-state index is 0.143. The van der Waals surface area contributed by atoms with Gasteiger partial charge in [0.15, 0.2) is 0 Å². The lowest BCUT2D eigenvalue weighted by Gasteiger charge is -2.43. The van der Waals surface area contributed by atoms with Crippen molar-refractivity contribution < 1.29 is 4.65 Å². The van der Waals surface area contributed by atoms with Crippen LogP contribution in [0.2, 0.25) is 0 Å². The molecule has 21 heavy (non-hydrogen) atoms. The van der Waals surface area contributed by atoms with Crippen molar-refractivity contribution in [1.82, 2.24) is 0 Å². The van der Waals surface area contributed by atoms with E-state index in [0.717, 1.165) is 6.42 Å². The van der Waals surface area contributed by atoms with Gasteiger partial charge in [-0.1, -0.05) is 54.6 Å². The fraction of sp³-hybridized carbons (Fsp3) is 0.263. The van der Waals surface area contributed by atoms with Gasteiger partial charge in [-0.25, -0.2) is 0 Å². The van der Waals surface area contributed by atoms with E-state index in [4.69, 9.17) is 0 Å². The summed E-state index contributed by atoms with van der Waals surface area (Å²) in [6.07, 6.45) is 0.898. The SMILES string of the molecule is C[N+]1([O-])CCC2=C(C1)C(c1ccccc1)c1ccccc12. The number of rotatable bonds is 1. The normalized spacial score (nSPS) is 27.4. The van der Waals surface area contributed by atoms with Gasteiger partial charge in [0.1, 0.15) is 6.54 Å². The first-order valence-corrected chi connectivity index (χ1v) is 7.57. The highest BCUT2D eigenvalue weighted by molar-refractivity contribution is 5.80. The van der Waals surface area contributed by atoms with Crippen LogP contribution < -0.4 is 0 Å². The second-order valence-corrected chi connectivity index (χ2v) is 6.36. The molecular weight excluding hydrogens is 258 g/mol. The zero-order valence-electron chi connectivity index (χ0n) is 12.3. The van der Waals surface area contributed by atoms with Gasteiger partial charge in [-0.2, -0.15) is 0 Å². The van der Waals surface area contributed by atoms with Crippen molar-refractivity contribution in [3.63, 3.8) is 0 Å². The molecule has 0 aromatic heterocycles. The molecule has 2 aromatic carbocycles. The first-order chi connectivity index (χ1) is 10.2. The smallest absolute Gasteiger partial charge is 0.101 e. The lowest BCUT2D eigenvalue weighted by atomic mass is 9.87. The number of hydroxylamine groups is 3. The lowest BCUT2D eigenvalue weighted by molar-refractivity contribution is -0.856. The van der Waals surface area contributed by atoms with Crippen LogP contribution in [0.1, 0.15) is 29.0 Å². The van der Waals surface area contributed by atoms with E-state index in [2.05, 4.69) is 48.5 Å². The van der Waals surface area contributed by atoms with Crippen molar-refractivity contribution in [3.05, 3.63) is 82.1 Å². The van der Waals surface area contributed by atoms with Crippen molar-refractivity contribution in [2.45, 2.75) is 12.3 Å². The Morgan fingerprint density at radius 3 is 2.52 bits per heavy atom. The third-order valence-electron chi connectivity index (χ3n) is 4.81. The summed E-state index contributed by atoms with van der Waals surface area (Å²) in [6, 6.07) is 19.2. The molecule has 2 nitrogen and oxygen atoms in total. The standard InChI is InChI=1S/C19H19NO/c1-20(21)12-11-16-15-9-5-6-10-17(15)19(18(16)13-20)14-7-3-2-4-8-14/h2-10,19H,11-13H2,1H3. The largest absolute Gasteiger partial charge is 0.633 e. The summed E-state index contributed by atoms with van der Waals surface area (Å²) in [7, 11) is 1.80. The molecule has 106 valence electrons. The molecule has 1 heterocycles. The highest BCUT2D eigenvalue weighted by atomic mass is 16.5. The Kier molecular flexibility index (Phi) is 2.78. The van der Waals surface area contributed by atoms with Crippen molar-refractivity contribution in [2.75, 3.05) is 20.1 Å². The zero-order valence-corrected chi connectivity index (χ0v) is 12.3. The number of fused-ring (bicyclic) bond motifs is 2. The Morgan fingerprint density at radius 2 is 1.71 bits per heavy atom. The Bertz CT molecular complexity index is 715. The first kappa shape index (κ1) is 12.8. The molecule has 0 amide bonds. The van der Waals surface area contributed by atoms with Gasteiger partial charge in [0.05, 0.1) is 13.6 Å². The third kappa shape index (κ3) is 2.03. The van der Waals surface area contributed by atoms with Crippen molar-refractivity contribution >= 4 is 5.57 Å². The average Bonchev–Trinajstić information content (AvgIpc) is 2.80. The maximum absolute atomic E-state index is 12.5. The fourth-order valence-electron chi connectivity index (χ4n) is 3.85. The molecule has 0 saturated heterocycles. The molecule has 0 spiro atoms. The Labute approximate surface area is 125 Å². The molecule has 2 heteroatoms. The van der Waals surface area contributed by atoms with E-state index in [1.54, 1.807) is 7.05 Å². The molecule has 0 bridgehead atoms. The molecule has 2 aromatic rings. The molecule has 4 rings (SSSR count). The van der Waals surface area contributed by atoms with Crippen LogP contribution in [0.3, 0.4) is 0 Å². The molecular formula is C19H19NO. The van der Waals surface area contributed by atoms with Gasteiger partial charge in [-0.05, 0) is 22.3 Å². The topological polar surface area (TPSA) is 23.1 Å². The van der Waals surface area contributed by atoms with Crippen LogP contribution in [-0.4, -0.2) is 24.8 Å². The van der Waals surface area contributed by atoms with Crippen LogP contribution >= 0.6 is 0 Å². The average molecular weight is 277 g/mol. The number of hydrogen-bond donors (Lipinski definition) is 0. The predicted octanol–water partition coefficient (Wildman–Crippen LogP) is 3.93. The maximum atomic E-state index is 12.5. The third-order valence-corrected chi connectivity index (χ3v) is 4.81. The lowest BCUT2D eigenvalue weighted by Crippen LogP contribution is -2.43. The number of hydrogen-bond acceptors (Lipinski definition) is 1. The minimum Gasteiger partial charge on any atom is -0.633 e. The second-order valence-electron chi connectivity index (χ2n) is 6.36. The Balaban J connectivity index is 1.90. The quantitative estimate of drug-likeness (QED) is 0.572. The van der Waals surface area contributed by atoms with E-state index >= 15 is 0 Å². The zero-order chi connectivity index (χ0) is 14.4. The van der Waals surface area contributed by atoms with Gasteiger partial charge in [0.2, 0.25) is 0 Å². The highest BCUT2D eigenvalue weighted by Gasteiger charge is 2.37. The van der Waals surface area contributed by atoms with E-state index in [1.165, 1.54) is 27.8 Å². The summed E-state index contributed by atoms with van der Waals surface area (Å²) in [5, 5.41) is 12.5. The summed E-state index contributed by atoms with van der Waals surface area (Å²) in [5.74, 6) is 0.268. The maximum Gasteiger partial charge on any atom is 0.101 e. The molecule has 0 fully saturated rings. The van der Waals surface area contributed by atoms with Crippen LogP contribution in [0.15, 0.2) is 60.2 Å². The van der Waals surface area contributed by atoms with Crippen molar-refractivity contribution in [2.24, 2.45) is 0 Å². The van der Waals surface area contributed by atoms with Gasteiger partial charge in [-0.3, -0.25) is 0 Å². The van der Waals surface area contributed by atoms with Gasteiger partial charge >= 0.3 is 0 Å². The summed E-state index contributed by atoms with van der Waals surface area (Å²) in [6.45, 7) is 1.30. The summed E-state index contributed by atoms with van der Waals surface area (Å²) < 4.78 is -0.143. The highest BCUT2D eigenvalue weighted by Crippen LogP contribution is 2.49. The predicted molar refractivity (Wildman–Crippen MR) is 85.5 cm³/mol. The molecule has 0 radical (unpaired) electrons. The van der Waals surface area contributed by atoms with E-state index in [9.17, 15) is 5.21 Å². The van der Waals surface area contributed by atoms with Crippen molar-refractivity contribution in [1.29, 1.82) is 0 Å². The molecule has 0 N–H and O–H groups in total. The van der Waals surface area contributed by atoms with E-state index < -0.39 is 0 Å². The van der Waals surface area contributed by atoms with Gasteiger partial charge in [0, 0.05) is 17.9 Å². The molecule has 1 aliphatic heterocycles. The fourth-order valence-corrected chi connectivity index (χ4v) is 3.85. The van der Waals surface area contributed by atoms with Crippen LogP contribution in [0.4, 0.5) is 0 Å².